The summed E-state index contributed by atoms with van der Waals surface area (Å²) in [4.78, 5) is 0. The minimum Gasteiger partial charge on any atom is -0.327 e. The van der Waals surface area contributed by atoms with Crippen molar-refractivity contribution in [3.8, 4) is 0 Å². The van der Waals surface area contributed by atoms with Crippen molar-refractivity contribution < 1.29 is 51.4 Å². The van der Waals surface area contributed by atoms with E-state index in [1.807, 2.05) is 13.8 Å². The molecule has 0 aliphatic heterocycles. The average molecular weight is 356 g/mol. The van der Waals surface area contributed by atoms with Crippen molar-refractivity contribution in [3.63, 3.8) is 0 Å². The number of nitrogens with two attached hydrogens (primary N) is 1. The third-order valence-electron chi connectivity index (χ3n) is 8.30. The van der Waals surface area contributed by atoms with E-state index in [0.29, 0.717) is 16.9 Å². The molecular weight excluding hydrogens is 317 g/mol. The molecule has 7 unspecified atom stereocenters. The van der Waals surface area contributed by atoms with E-state index < -0.39 is 0 Å². The second kappa shape index (κ2) is 8.15. The Bertz CT molecular complexity index is 473. The second-order valence-electron chi connectivity index (χ2n) is 9.07. The van der Waals surface area contributed by atoms with Crippen LogP contribution in [0, 0.1) is 40.9 Å². The Labute approximate surface area is 193 Å². The minimum atomic E-state index is 0. The number of hydrogen-bond acceptors (Lipinski definition) is 1. The topological polar surface area (TPSA) is 26.0 Å². The Morgan fingerprint density at radius 1 is 1.17 bits per heavy atom. The molecule has 0 amide bonds. The first-order valence-corrected chi connectivity index (χ1v) is 10.2. The zero-order chi connectivity index (χ0) is 16.8. The molecule has 0 aromatic carbocycles. The first kappa shape index (κ1) is 21.6. The molecule has 0 saturated heterocycles. The smallest absolute Gasteiger partial charge is 0.327 e. The fourth-order valence-electron chi connectivity index (χ4n) is 6.88. The van der Waals surface area contributed by atoms with Gasteiger partial charge in [0.05, 0.1) is 0 Å². The van der Waals surface area contributed by atoms with Crippen LogP contribution in [-0.2, 0) is 0 Å². The van der Waals surface area contributed by atoms with Gasteiger partial charge in [-0.15, -0.1) is 0 Å². The van der Waals surface area contributed by atoms with Crippen molar-refractivity contribution >= 4 is 0 Å². The fourth-order valence-corrected chi connectivity index (χ4v) is 6.88. The summed E-state index contributed by atoms with van der Waals surface area (Å²) in [5.74, 6) is 3.44. The summed E-state index contributed by atoms with van der Waals surface area (Å²) in [6, 6.07) is 0.432. The van der Waals surface area contributed by atoms with Gasteiger partial charge in [0.2, 0.25) is 0 Å². The predicted octanol–water partition coefficient (Wildman–Crippen LogP) is 2.76. The zero-order valence-electron chi connectivity index (χ0n) is 17.1. The Balaban J connectivity index is 0.000000670. The molecule has 4 aliphatic rings. The van der Waals surface area contributed by atoms with Crippen molar-refractivity contribution in [3.05, 3.63) is 18.1 Å². The molecular formula is C22H38KN. The largest absolute Gasteiger partial charge is 1.00 e. The summed E-state index contributed by atoms with van der Waals surface area (Å²) in [6.45, 7) is 11.5. The van der Waals surface area contributed by atoms with Crippen LogP contribution >= 0.6 is 0 Å². The van der Waals surface area contributed by atoms with Crippen LogP contribution in [0.3, 0.4) is 0 Å². The van der Waals surface area contributed by atoms with Crippen molar-refractivity contribution in [1.29, 1.82) is 0 Å². The van der Waals surface area contributed by atoms with E-state index in [4.69, 9.17) is 5.73 Å². The van der Waals surface area contributed by atoms with Crippen LogP contribution in [0.5, 0.6) is 0 Å². The van der Waals surface area contributed by atoms with Crippen molar-refractivity contribution in [2.24, 2.45) is 40.2 Å². The third kappa shape index (κ3) is 3.20. The maximum absolute atomic E-state index is 6.63. The second-order valence-corrected chi connectivity index (χ2v) is 9.07. The number of fused-ring (bicyclic) bond motifs is 5. The molecule has 132 valence electrons. The van der Waals surface area contributed by atoms with Gasteiger partial charge in [0, 0.05) is 6.04 Å². The molecule has 7 atom stereocenters. The van der Waals surface area contributed by atoms with Crippen molar-refractivity contribution in [2.75, 3.05) is 0 Å². The van der Waals surface area contributed by atoms with Gasteiger partial charge in [-0.3, -0.25) is 0 Å². The molecule has 0 aromatic heterocycles. The molecule has 24 heavy (non-hydrogen) atoms. The van der Waals surface area contributed by atoms with Gasteiger partial charge in [0.1, 0.15) is 0 Å². The summed E-state index contributed by atoms with van der Waals surface area (Å²) in [7, 11) is 0. The van der Waals surface area contributed by atoms with Crippen LogP contribution in [0.15, 0.2) is 11.6 Å². The van der Waals surface area contributed by atoms with Crippen LogP contribution in [0.1, 0.15) is 79.6 Å². The molecule has 0 bridgehead atoms. The van der Waals surface area contributed by atoms with E-state index in [2.05, 4.69) is 33.3 Å². The monoisotopic (exact) mass is 355 g/mol. The number of hydrogen-bond donors (Lipinski definition) is 1. The molecule has 2 N–H and O–H groups in total. The quantitative estimate of drug-likeness (QED) is 0.404. The maximum Gasteiger partial charge on any atom is 1.00 e. The summed E-state index contributed by atoms with van der Waals surface area (Å²) in [6.07, 6.45) is 14.6. The van der Waals surface area contributed by atoms with Crippen LogP contribution < -0.4 is 57.1 Å². The average Bonchev–Trinajstić information content (AvgIpc) is 2.80. The first-order valence-electron chi connectivity index (χ1n) is 10.2. The van der Waals surface area contributed by atoms with Gasteiger partial charge >= 0.3 is 51.4 Å². The minimum absolute atomic E-state index is 0. The van der Waals surface area contributed by atoms with E-state index in [-0.39, 0.29) is 51.4 Å². The standard InChI is InChI=1S/C20H32N.C2H6.K/c1-13-12-17-15-8-7-14-6-4-5-10-19(14,2)16(15)9-11-20(17,3)18(13)21;1-2;/h4,7,13,15-18H,5-6,8-12,21H2,1-3H3;1-2H3;/q-1;;+1. The molecule has 4 rings (SSSR count). The molecule has 3 fully saturated rings. The van der Waals surface area contributed by atoms with Crippen LogP contribution in [0.2, 0.25) is 0 Å². The Morgan fingerprint density at radius 2 is 1.88 bits per heavy atom. The first-order chi connectivity index (χ1) is 11.0. The van der Waals surface area contributed by atoms with Crippen LogP contribution in [0.4, 0.5) is 0 Å². The van der Waals surface area contributed by atoms with E-state index in [1.165, 1.54) is 44.9 Å². The van der Waals surface area contributed by atoms with Gasteiger partial charge in [-0.05, 0) is 60.2 Å². The number of allylic oxidation sites excluding steroid dienone is 2. The third-order valence-corrected chi connectivity index (χ3v) is 8.30. The van der Waals surface area contributed by atoms with E-state index in [1.54, 1.807) is 5.57 Å². The van der Waals surface area contributed by atoms with E-state index >= 15 is 0 Å². The molecule has 0 radical (unpaired) electrons. The van der Waals surface area contributed by atoms with Gasteiger partial charge in [-0.1, -0.05) is 52.7 Å². The maximum atomic E-state index is 6.63. The summed E-state index contributed by atoms with van der Waals surface area (Å²) in [5, 5.41) is 0. The van der Waals surface area contributed by atoms with Crippen LogP contribution in [0.25, 0.3) is 0 Å². The number of rotatable bonds is 0. The van der Waals surface area contributed by atoms with E-state index in [9.17, 15) is 0 Å². The fraction of sp³-hybridized carbons (Fsp3) is 0.864. The Hall–Kier alpha value is 1.34. The van der Waals surface area contributed by atoms with Crippen molar-refractivity contribution in [2.45, 2.75) is 85.6 Å². The Morgan fingerprint density at radius 3 is 2.58 bits per heavy atom. The molecule has 1 nitrogen and oxygen atoms in total. The zero-order valence-corrected chi connectivity index (χ0v) is 20.2. The SMILES string of the molecule is CC.CC1CC2C3CC=C4C[CH-]CCC4(C)C3CCC2(C)C1N.[K+]. The molecule has 0 spiro atoms. The van der Waals surface area contributed by atoms with Gasteiger partial charge < -0.3 is 12.2 Å². The Kier molecular flexibility index (Phi) is 7.34. The predicted molar refractivity (Wildman–Crippen MR) is 99.9 cm³/mol. The molecule has 4 aliphatic carbocycles. The van der Waals surface area contributed by atoms with E-state index in [0.717, 1.165) is 23.7 Å². The van der Waals surface area contributed by atoms with Crippen molar-refractivity contribution in [1.82, 2.24) is 0 Å². The normalized spacial score (nSPS) is 49.4. The molecule has 0 heterocycles. The van der Waals surface area contributed by atoms with Crippen LogP contribution in [-0.4, -0.2) is 6.04 Å². The molecule has 3 saturated carbocycles. The summed E-state index contributed by atoms with van der Waals surface area (Å²) in [5.41, 5.74) is 9.33. The summed E-state index contributed by atoms with van der Waals surface area (Å²) >= 11 is 0. The molecule has 0 aromatic rings. The van der Waals surface area contributed by atoms with Gasteiger partial charge in [-0.2, -0.15) is 12.8 Å². The van der Waals surface area contributed by atoms with Gasteiger partial charge in [0.25, 0.3) is 0 Å². The molecule has 2 heteroatoms. The van der Waals surface area contributed by atoms with Gasteiger partial charge in [0.15, 0.2) is 0 Å². The summed E-state index contributed by atoms with van der Waals surface area (Å²) < 4.78 is 0. The van der Waals surface area contributed by atoms with Gasteiger partial charge in [-0.25, -0.2) is 0 Å².